The van der Waals surface area contributed by atoms with E-state index in [1.807, 2.05) is 60.0 Å². The molecular formula is C18H12ClN3S. The molecule has 0 saturated heterocycles. The van der Waals surface area contributed by atoms with E-state index in [2.05, 4.69) is 11.4 Å². The Bertz CT molecular complexity index is 950. The maximum Gasteiger partial charge on any atom is 0.158 e. The van der Waals surface area contributed by atoms with E-state index in [-0.39, 0.29) is 0 Å². The van der Waals surface area contributed by atoms with Gasteiger partial charge in [0.2, 0.25) is 0 Å². The van der Waals surface area contributed by atoms with Crippen molar-refractivity contribution in [1.82, 2.24) is 9.97 Å². The molecule has 112 valence electrons. The van der Waals surface area contributed by atoms with E-state index in [4.69, 9.17) is 21.6 Å². The fourth-order valence-corrected chi connectivity index (χ4v) is 3.18. The Labute approximate surface area is 142 Å². The average molecular weight is 338 g/mol. The number of nitrogens with one attached hydrogen (secondary N) is 1. The van der Waals surface area contributed by atoms with Gasteiger partial charge in [0.15, 0.2) is 5.82 Å². The summed E-state index contributed by atoms with van der Waals surface area (Å²) in [6.07, 6.45) is 0. The number of anilines is 2. The number of hydrogen-bond acceptors (Lipinski definition) is 4. The topological polar surface area (TPSA) is 37.8 Å². The zero-order valence-corrected chi connectivity index (χ0v) is 13.6. The predicted octanol–water partition coefficient (Wildman–Crippen LogP) is 5.76. The third-order valence-electron chi connectivity index (χ3n) is 3.43. The van der Waals surface area contributed by atoms with Gasteiger partial charge < -0.3 is 5.32 Å². The van der Waals surface area contributed by atoms with Gasteiger partial charge in [-0.25, -0.2) is 9.97 Å². The second kappa shape index (κ2) is 5.99. The minimum absolute atomic E-state index is 0.707. The van der Waals surface area contributed by atoms with Crippen molar-refractivity contribution >= 4 is 45.5 Å². The van der Waals surface area contributed by atoms with E-state index in [1.54, 1.807) is 11.3 Å². The first-order valence-electron chi connectivity index (χ1n) is 7.13. The van der Waals surface area contributed by atoms with Crippen LogP contribution in [0.1, 0.15) is 0 Å². The van der Waals surface area contributed by atoms with Crippen molar-refractivity contribution in [3.8, 4) is 10.6 Å². The molecule has 0 spiro atoms. The molecule has 0 radical (unpaired) electrons. The van der Waals surface area contributed by atoms with E-state index < -0.39 is 0 Å². The molecule has 2 heterocycles. The molecule has 5 heteroatoms. The minimum Gasteiger partial charge on any atom is -0.338 e. The lowest BCUT2D eigenvalue weighted by molar-refractivity contribution is 1.29. The zero-order valence-electron chi connectivity index (χ0n) is 12.0. The van der Waals surface area contributed by atoms with Gasteiger partial charge in [-0.1, -0.05) is 29.8 Å². The second-order valence-corrected chi connectivity index (χ2v) is 6.40. The van der Waals surface area contributed by atoms with Crippen LogP contribution in [0.5, 0.6) is 0 Å². The number of rotatable bonds is 3. The summed E-state index contributed by atoms with van der Waals surface area (Å²) in [4.78, 5) is 10.6. The molecule has 23 heavy (non-hydrogen) atoms. The van der Waals surface area contributed by atoms with Crippen LogP contribution in [0.15, 0.2) is 66.0 Å². The molecule has 4 aromatic rings. The molecule has 0 amide bonds. The van der Waals surface area contributed by atoms with Crippen molar-refractivity contribution in [1.29, 1.82) is 0 Å². The average Bonchev–Trinajstić information content (AvgIpc) is 3.11. The molecule has 0 saturated carbocycles. The molecule has 1 N–H and O–H groups in total. The number of benzene rings is 2. The normalized spacial score (nSPS) is 10.8. The van der Waals surface area contributed by atoms with Crippen LogP contribution < -0.4 is 5.32 Å². The van der Waals surface area contributed by atoms with Gasteiger partial charge in [-0.3, -0.25) is 0 Å². The predicted molar refractivity (Wildman–Crippen MR) is 97.6 cm³/mol. The van der Waals surface area contributed by atoms with Crippen molar-refractivity contribution in [2.75, 3.05) is 5.32 Å². The Morgan fingerprint density at radius 2 is 1.57 bits per heavy atom. The Balaban J connectivity index is 1.85. The summed E-state index contributed by atoms with van der Waals surface area (Å²) >= 11 is 7.60. The van der Waals surface area contributed by atoms with E-state index in [1.165, 1.54) is 0 Å². The van der Waals surface area contributed by atoms with E-state index in [0.717, 1.165) is 33.1 Å². The standard InChI is InChI=1S/C18H12ClN3S/c19-12-7-9-13(10-8-12)20-18-17(16-6-3-11-23-16)21-14-4-1-2-5-15(14)22-18/h1-11H,(H,20,22). The molecule has 0 fully saturated rings. The number of nitrogens with zero attached hydrogens (tertiary/aromatic N) is 2. The lowest BCUT2D eigenvalue weighted by Crippen LogP contribution is -1.99. The van der Waals surface area contributed by atoms with Gasteiger partial charge in [-0.2, -0.15) is 0 Å². The van der Waals surface area contributed by atoms with E-state index in [9.17, 15) is 0 Å². The summed E-state index contributed by atoms with van der Waals surface area (Å²) in [6, 6.07) is 19.5. The number of aromatic nitrogens is 2. The summed E-state index contributed by atoms with van der Waals surface area (Å²) in [6.45, 7) is 0. The van der Waals surface area contributed by atoms with Gasteiger partial charge in [0.1, 0.15) is 5.69 Å². The SMILES string of the molecule is Clc1ccc(Nc2nc3ccccc3nc2-c2cccs2)cc1. The number of thiophene rings is 1. The minimum atomic E-state index is 0.707. The maximum atomic E-state index is 5.95. The van der Waals surface area contributed by atoms with Crippen LogP contribution in [0.4, 0.5) is 11.5 Å². The highest BCUT2D eigenvalue weighted by Crippen LogP contribution is 2.32. The van der Waals surface area contributed by atoms with Crippen molar-refractivity contribution in [2.45, 2.75) is 0 Å². The first kappa shape index (κ1) is 14.2. The molecule has 2 aromatic carbocycles. The van der Waals surface area contributed by atoms with Crippen molar-refractivity contribution in [3.05, 3.63) is 71.1 Å². The molecule has 3 nitrogen and oxygen atoms in total. The monoisotopic (exact) mass is 337 g/mol. The summed E-state index contributed by atoms with van der Waals surface area (Å²) in [7, 11) is 0. The molecule has 4 rings (SSSR count). The highest BCUT2D eigenvalue weighted by Gasteiger charge is 2.12. The molecular weight excluding hydrogens is 326 g/mol. The van der Waals surface area contributed by atoms with E-state index in [0.29, 0.717) is 5.02 Å². The summed E-state index contributed by atoms with van der Waals surface area (Å²) in [5.41, 5.74) is 3.53. The molecule has 0 aliphatic carbocycles. The summed E-state index contributed by atoms with van der Waals surface area (Å²) in [5.74, 6) is 0.744. The van der Waals surface area contributed by atoms with Gasteiger partial charge in [0.05, 0.1) is 15.9 Å². The van der Waals surface area contributed by atoms with Gasteiger partial charge >= 0.3 is 0 Å². The van der Waals surface area contributed by atoms with E-state index >= 15 is 0 Å². The zero-order chi connectivity index (χ0) is 15.6. The number of para-hydroxylation sites is 2. The third-order valence-corrected chi connectivity index (χ3v) is 4.56. The van der Waals surface area contributed by atoms with Gasteiger partial charge in [-0.15, -0.1) is 11.3 Å². The third kappa shape index (κ3) is 2.91. The Kier molecular flexibility index (Phi) is 3.69. The number of hydrogen-bond donors (Lipinski definition) is 1. The first-order chi connectivity index (χ1) is 11.3. The van der Waals surface area contributed by atoms with Crippen molar-refractivity contribution < 1.29 is 0 Å². The van der Waals surface area contributed by atoms with Gasteiger partial charge in [0.25, 0.3) is 0 Å². The molecule has 2 aromatic heterocycles. The highest BCUT2D eigenvalue weighted by atomic mass is 35.5. The van der Waals surface area contributed by atoms with Crippen molar-refractivity contribution in [2.24, 2.45) is 0 Å². The fraction of sp³-hybridized carbons (Fsp3) is 0. The number of halogens is 1. The first-order valence-corrected chi connectivity index (χ1v) is 8.38. The van der Waals surface area contributed by atoms with Crippen LogP contribution >= 0.6 is 22.9 Å². The summed E-state index contributed by atoms with van der Waals surface area (Å²) < 4.78 is 0. The van der Waals surface area contributed by atoms with Crippen LogP contribution in [-0.4, -0.2) is 9.97 Å². The fourth-order valence-electron chi connectivity index (χ4n) is 2.34. The molecule has 0 atom stereocenters. The smallest absolute Gasteiger partial charge is 0.158 e. The summed E-state index contributed by atoms with van der Waals surface area (Å²) in [5, 5.41) is 6.10. The second-order valence-electron chi connectivity index (χ2n) is 5.02. The number of fused-ring (bicyclic) bond motifs is 1. The Hall–Kier alpha value is -2.43. The van der Waals surface area contributed by atoms with Gasteiger partial charge in [-0.05, 0) is 47.8 Å². The molecule has 0 aliphatic heterocycles. The Morgan fingerprint density at radius 1 is 0.826 bits per heavy atom. The van der Waals surface area contributed by atoms with Crippen LogP contribution in [0.3, 0.4) is 0 Å². The van der Waals surface area contributed by atoms with Crippen LogP contribution in [0.25, 0.3) is 21.6 Å². The maximum absolute atomic E-state index is 5.95. The lowest BCUT2D eigenvalue weighted by Gasteiger charge is -2.11. The van der Waals surface area contributed by atoms with Crippen LogP contribution in [-0.2, 0) is 0 Å². The molecule has 0 aliphatic rings. The Morgan fingerprint density at radius 3 is 2.26 bits per heavy atom. The molecule has 0 bridgehead atoms. The highest BCUT2D eigenvalue weighted by molar-refractivity contribution is 7.13. The van der Waals surface area contributed by atoms with Gasteiger partial charge in [0, 0.05) is 10.7 Å². The van der Waals surface area contributed by atoms with Crippen molar-refractivity contribution in [3.63, 3.8) is 0 Å². The van der Waals surface area contributed by atoms with Crippen LogP contribution in [0.2, 0.25) is 5.02 Å². The quantitative estimate of drug-likeness (QED) is 0.516. The lowest BCUT2D eigenvalue weighted by atomic mass is 10.2. The largest absolute Gasteiger partial charge is 0.338 e. The molecule has 0 unspecified atom stereocenters. The van der Waals surface area contributed by atoms with Crippen LogP contribution in [0, 0.1) is 0 Å².